The van der Waals surface area contributed by atoms with Crippen molar-refractivity contribution < 1.29 is 67.5 Å². The molecule has 11 nitrogen and oxygen atoms in total. The van der Waals surface area contributed by atoms with E-state index in [2.05, 4.69) is 10.6 Å². The highest BCUT2D eigenvalue weighted by atomic mass is 32.2. The Bertz CT molecular complexity index is 1590. The van der Waals surface area contributed by atoms with Crippen molar-refractivity contribution in [2.45, 2.75) is 69.8 Å². The van der Waals surface area contributed by atoms with Crippen molar-refractivity contribution >= 4 is 33.5 Å². The van der Waals surface area contributed by atoms with Crippen LogP contribution in [0.1, 0.15) is 40.0 Å². The summed E-state index contributed by atoms with van der Waals surface area (Å²) in [5.41, 5.74) is -6.76. The number of carbonyl (C=O) groups is 4. The molecular formula is C29H34F8N4O7S. The van der Waals surface area contributed by atoms with Gasteiger partial charge in [0.05, 0.1) is 12.0 Å². The molecule has 3 fully saturated rings. The van der Waals surface area contributed by atoms with Gasteiger partial charge in [0.25, 0.3) is 0 Å². The van der Waals surface area contributed by atoms with Gasteiger partial charge in [-0.2, -0.15) is 31.1 Å². The number of alkyl halides is 6. The molecule has 0 spiro atoms. The van der Waals surface area contributed by atoms with Gasteiger partial charge >= 0.3 is 21.7 Å². The average Bonchev–Trinajstić information content (AvgIpc) is 3.30. The lowest BCUT2D eigenvalue weighted by Crippen LogP contribution is -2.61. The van der Waals surface area contributed by atoms with Crippen LogP contribution in [0, 0.1) is 40.7 Å². The number of amides is 3. The van der Waals surface area contributed by atoms with Crippen molar-refractivity contribution in [1.82, 2.24) is 20.3 Å². The molecule has 0 unspecified atom stereocenters. The molecule has 3 amide bonds. The smallest absolute Gasteiger partial charge is 0.483 e. The van der Waals surface area contributed by atoms with Crippen molar-refractivity contribution in [3.63, 3.8) is 0 Å². The first-order chi connectivity index (χ1) is 22.5. The summed E-state index contributed by atoms with van der Waals surface area (Å²) in [5.74, 6) is -11.8. The van der Waals surface area contributed by atoms with E-state index in [0.29, 0.717) is 11.0 Å². The molecule has 1 aromatic carbocycles. The second-order valence-electron chi connectivity index (χ2n) is 12.9. The number of rotatable bonds is 13. The third-order valence-corrected chi connectivity index (χ3v) is 10.7. The molecule has 20 heteroatoms. The number of nitrogens with zero attached hydrogens (tertiary/aromatic N) is 1. The maximum absolute atomic E-state index is 14.1. The van der Waals surface area contributed by atoms with Crippen LogP contribution in [-0.2, 0) is 29.2 Å². The summed E-state index contributed by atoms with van der Waals surface area (Å²) in [4.78, 5) is 53.8. The molecule has 4 rings (SSSR count). The number of nitrogens with one attached hydrogen (secondary N) is 3. The van der Waals surface area contributed by atoms with E-state index in [4.69, 9.17) is 4.74 Å². The summed E-state index contributed by atoms with van der Waals surface area (Å²) in [6, 6.07) is -3.94. The number of Topliss-reactive ketones (excluding diaryl/α,β-unsaturated/α-hetero) is 1. The zero-order valence-electron chi connectivity index (χ0n) is 26.3. The Labute approximate surface area is 275 Å². The van der Waals surface area contributed by atoms with Crippen LogP contribution in [0.2, 0.25) is 0 Å². The van der Waals surface area contributed by atoms with Gasteiger partial charge in [0.2, 0.25) is 17.7 Å². The number of halogens is 8. The molecule has 2 saturated heterocycles. The second-order valence-corrected chi connectivity index (χ2v) is 14.6. The molecule has 2 aliphatic heterocycles. The molecule has 0 bridgehead atoms. The van der Waals surface area contributed by atoms with Gasteiger partial charge in [-0.05, 0) is 48.6 Å². The molecule has 1 aromatic rings. The highest BCUT2D eigenvalue weighted by molar-refractivity contribution is 7.90. The Kier molecular flexibility index (Phi) is 10.6. The molecule has 49 heavy (non-hydrogen) atoms. The molecule has 1 aliphatic carbocycles. The number of ketones is 1. The minimum Gasteiger partial charge on any atom is -0.483 e. The minimum absolute atomic E-state index is 0.242. The molecule has 0 aromatic heterocycles. The Morgan fingerprint density at radius 3 is 2.31 bits per heavy atom. The quantitative estimate of drug-likeness (QED) is 0.264. The standard InChI is InChI=1S/C29H34F8N4O7S/c1-4-15(28(32,33)34)22(40-49(46,47)29(35,36)37)26(45)41-11-16-21(27(16,2)3)23(41)25(44)39-18(9-13-7-8-38-24(13)43)19(42)12-48-20-6-5-14(30)10-17(20)31/h5-6,10,13,15-16,18,21-23,40H,4,7-9,11-12H2,1-3H3,(H,38,43)(H,39,44)/t13-,15-,16-,18-,21-,22-,23-/m0/s1. The van der Waals surface area contributed by atoms with Crippen LogP contribution in [0.3, 0.4) is 0 Å². The third kappa shape index (κ3) is 7.94. The highest BCUT2D eigenvalue weighted by Crippen LogP contribution is 2.65. The zero-order valence-corrected chi connectivity index (χ0v) is 27.1. The van der Waals surface area contributed by atoms with Crippen LogP contribution < -0.4 is 20.1 Å². The summed E-state index contributed by atoms with van der Waals surface area (Å²) in [6.45, 7) is 3.18. The van der Waals surface area contributed by atoms with Crippen molar-refractivity contribution in [3.8, 4) is 5.75 Å². The van der Waals surface area contributed by atoms with Gasteiger partial charge in [0.15, 0.2) is 17.3 Å². The number of ether oxygens (including phenoxy) is 1. The van der Waals surface area contributed by atoms with Gasteiger partial charge in [-0.25, -0.2) is 17.2 Å². The van der Waals surface area contributed by atoms with E-state index in [0.717, 1.165) is 23.8 Å². The van der Waals surface area contributed by atoms with E-state index in [1.54, 1.807) is 13.8 Å². The monoisotopic (exact) mass is 734 g/mol. The normalized spacial score (nSPS) is 25.2. The molecule has 1 saturated carbocycles. The lowest BCUT2D eigenvalue weighted by Gasteiger charge is -2.36. The van der Waals surface area contributed by atoms with Crippen LogP contribution in [0.25, 0.3) is 0 Å². The van der Waals surface area contributed by atoms with Gasteiger partial charge < -0.3 is 20.3 Å². The van der Waals surface area contributed by atoms with Crippen molar-refractivity contribution in [2.75, 3.05) is 19.7 Å². The summed E-state index contributed by atoms with van der Waals surface area (Å²) in [7, 11) is -6.48. The fourth-order valence-electron chi connectivity index (χ4n) is 6.71. The van der Waals surface area contributed by atoms with Crippen LogP contribution in [0.5, 0.6) is 5.75 Å². The minimum atomic E-state index is -6.48. The van der Waals surface area contributed by atoms with Gasteiger partial charge in [0.1, 0.15) is 24.5 Å². The molecular weight excluding hydrogens is 700 g/mol. The summed E-state index contributed by atoms with van der Waals surface area (Å²) in [6.07, 6.45) is -6.41. The number of likely N-dealkylation sites (tertiary alicyclic amines) is 1. The summed E-state index contributed by atoms with van der Waals surface area (Å²) in [5, 5.41) is 4.94. The Balaban J connectivity index is 1.64. The maximum Gasteiger partial charge on any atom is 0.511 e. The van der Waals surface area contributed by atoms with Gasteiger partial charge in [0, 0.05) is 25.1 Å². The predicted molar refractivity (Wildman–Crippen MR) is 153 cm³/mol. The number of sulfonamides is 1. The molecule has 0 radical (unpaired) electrons. The average molecular weight is 735 g/mol. The largest absolute Gasteiger partial charge is 0.511 e. The number of carbonyl (C=O) groups excluding carboxylic acids is 4. The topological polar surface area (TPSA) is 151 Å². The molecule has 3 N–H and O–H groups in total. The van der Waals surface area contributed by atoms with E-state index in [1.807, 2.05) is 0 Å². The highest BCUT2D eigenvalue weighted by Gasteiger charge is 2.70. The number of hydrogen-bond acceptors (Lipinski definition) is 7. The van der Waals surface area contributed by atoms with Crippen LogP contribution >= 0.6 is 0 Å². The van der Waals surface area contributed by atoms with Gasteiger partial charge in [-0.15, -0.1) is 0 Å². The number of piperidine rings is 1. The Morgan fingerprint density at radius 2 is 1.78 bits per heavy atom. The maximum atomic E-state index is 14.1. The Morgan fingerprint density at radius 1 is 1.12 bits per heavy atom. The summed E-state index contributed by atoms with van der Waals surface area (Å²) >= 11 is 0. The molecule has 2 heterocycles. The molecule has 274 valence electrons. The van der Waals surface area contributed by atoms with E-state index in [9.17, 15) is 62.7 Å². The predicted octanol–water partition coefficient (Wildman–Crippen LogP) is 2.80. The van der Waals surface area contributed by atoms with E-state index >= 15 is 0 Å². The number of hydrogen-bond donors (Lipinski definition) is 3. The Hall–Kier alpha value is -3.55. The van der Waals surface area contributed by atoms with Crippen molar-refractivity contribution in [1.29, 1.82) is 0 Å². The van der Waals surface area contributed by atoms with Crippen LogP contribution in [-0.4, -0.2) is 86.3 Å². The first-order valence-electron chi connectivity index (χ1n) is 15.2. The zero-order chi connectivity index (χ0) is 36.9. The van der Waals surface area contributed by atoms with E-state index < -0.39 is 129 Å². The third-order valence-electron chi connectivity index (χ3n) is 9.53. The summed E-state index contributed by atoms with van der Waals surface area (Å²) < 4.78 is 139. The number of benzene rings is 1. The van der Waals surface area contributed by atoms with Crippen LogP contribution in [0.4, 0.5) is 35.1 Å². The van der Waals surface area contributed by atoms with Crippen molar-refractivity contribution in [2.24, 2.45) is 29.1 Å². The van der Waals surface area contributed by atoms with Gasteiger partial charge in [-0.1, -0.05) is 20.8 Å². The van der Waals surface area contributed by atoms with E-state index in [-0.39, 0.29) is 19.4 Å². The van der Waals surface area contributed by atoms with Crippen molar-refractivity contribution in [3.05, 3.63) is 29.8 Å². The molecule has 3 aliphatic rings. The van der Waals surface area contributed by atoms with Crippen LogP contribution in [0.15, 0.2) is 18.2 Å². The van der Waals surface area contributed by atoms with E-state index in [1.165, 1.54) is 0 Å². The fourth-order valence-corrected chi connectivity index (χ4v) is 7.44. The lowest BCUT2D eigenvalue weighted by atomic mass is 9.93. The first kappa shape index (κ1) is 38.3. The molecule has 7 atom stereocenters. The number of fused-ring (bicyclic) bond motifs is 1. The fraction of sp³-hybridized carbons (Fsp3) is 0.655. The SMILES string of the molecule is CC[C@@H]([C@H](NS(=O)(=O)C(F)(F)F)C(=O)N1C[C@H]2[C@@H]([C@H]1C(=O)N[C@@H](C[C@@H]1CCNC1=O)C(=O)COc1ccc(F)cc1F)C2(C)C)C(F)(F)F. The first-order valence-corrected chi connectivity index (χ1v) is 16.6. The van der Waals surface area contributed by atoms with Gasteiger partial charge in [-0.3, -0.25) is 19.2 Å². The second kappa shape index (κ2) is 13.6. The lowest BCUT2D eigenvalue weighted by molar-refractivity contribution is -0.187.